The zero-order chi connectivity index (χ0) is 68.9. The van der Waals surface area contributed by atoms with Gasteiger partial charge in [-0.1, -0.05) is 195 Å². The number of alkyl halides is 2. The number of hydrogen-bond acceptors (Lipinski definition) is 8. The fourth-order valence-corrected chi connectivity index (χ4v) is 14.8. The molecule has 96 heavy (non-hydrogen) atoms. The molecule has 4 aromatic heterocycles. The summed E-state index contributed by atoms with van der Waals surface area (Å²) in [6.45, 7) is 22.6. The monoisotopic (exact) mass is 1590 g/mol. The number of hydrogen-bond donors (Lipinski definition) is 2. The molecule has 2 fully saturated rings. The zero-order valence-electron chi connectivity index (χ0n) is 56.9. The van der Waals surface area contributed by atoms with E-state index in [1.165, 1.54) is 112 Å². The van der Waals surface area contributed by atoms with Gasteiger partial charge in [0, 0.05) is 77.7 Å². The van der Waals surface area contributed by atoms with Crippen molar-refractivity contribution in [1.82, 2.24) is 9.13 Å². The average Bonchev–Trinajstić information content (AvgIpc) is 1.59. The highest BCUT2D eigenvalue weighted by molar-refractivity contribution is 14.1. The molecular formula is C80H80B3BrI2N2O6S2. The number of para-hydroxylation sites is 2. The minimum absolute atomic E-state index is 0.285. The molecule has 0 bridgehead atoms. The van der Waals surface area contributed by atoms with Crippen LogP contribution in [0.3, 0.4) is 0 Å². The van der Waals surface area contributed by atoms with E-state index in [4.69, 9.17) is 36.6 Å². The highest BCUT2D eigenvalue weighted by Crippen LogP contribution is 2.45. The summed E-state index contributed by atoms with van der Waals surface area (Å²) in [5.41, 5.74) is 9.97. The average molecular weight is 1600 g/mol. The third kappa shape index (κ3) is 13.9. The number of nitrogens with zero attached hydrogens (tertiary/aromatic N) is 2. The highest BCUT2D eigenvalue weighted by atomic mass is 127. The fourth-order valence-electron chi connectivity index (χ4n) is 12.0. The molecule has 2 aliphatic heterocycles. The predicted molar refractivity (Wildman–Crippen MR) is 436 cm³/mol. The Hall–Kier alpha value is -5.87. The molecule has 0 saturated carbocycles. The normalized spacial score (nSPS) is 15.4. The van der Waals surface area contributed by atoms with Crippen molar-refractivity contribution >= 4 is 195 Å². The van der Waals surface area contributed by atoms with Gasteiger partial charge in [-0.3, -0.25) is 0 Å². The van der Waals surface area contributed by atoms with Crippen molar-refractivity contribution in [1.29, 1.82) is 0 Å². The molecular weight excluding hydrogens is 1520 g/mol. The second-order valence-corrected chi connectivity index (χ2v) is 30.1. The molecule has 16 heteroatoms. The van der Waals surface area contributed by atoms with Gasteiger partial charge < -0.3 is 38.0 Å². The van der Waals surface area contributed by atoms with Crippen molar-refractivity contribution < 1.29 is 28.8 Å². The lowest BCUT2D eigenvalue weighted by Gasteiger charge is -2.32. The van der Waals surface area contributed by atoms with Crippen LogP contribution in [0.2, 0.25) is 0 Å². The smallest absolute Gasteiger partial charge is 0.411 e. The van der Waals surface area contributed by atoms with Gasteiger partial charge in [0.15, 0.2) is 0 Å². The third-order valence-electron chi connectivity index (χ3n) is 19.3. The lowest BCUT2D eigenvalue weighted by Crippen LogP contribution is -2.44. The van der Waals surface area contributed by atoms with Crippen LogP contribution in [-0.2, 0) is 18.6 Å². The second kappa shape index (κ2) is 28.4. The van der Waals surface area contributed by atoms with Crippen LogP contribution >= 0.6 is 83.8 Å². The van der Waals surface area contributed by atoms with Gasteiger partial charge in [0.1, 0.15) is 7.74 Å². The zero-order valence-corrected chi connectivity index (χ0v) is 64.4. The molecule has 16 rings (SSSR count). The first-order valence-electron chi connectivity index (χ1n) is 32.1. The summed E-state index contributed by atoms with van der Waals surface area (Å²) in [6, 6.07) is 79.2. The first-order valence-corrected chi connectivity index (χ1v) is 38.8. The Balaban J connectivity index is 0.000000151. The van der Waals surface area contributed by atoms with Gasteiger partial charge in [-0.15, -0.1) is 22.7 Å². The molecule has 8 nitrogen and oxygen atoms in total. The van der Waals surface area contributed by atoms with Crippen molar-refractivity contribution in [2.75, 3.05) is 9.86 Å². The molecule has 10 aromatic carbocycles. The topological polar surface area (TPSA) is 87.2 Å². The number of fused-ring (bicyclic) bond motifs is 12. The summed E-state index contributed by atoms with van der Waals surface area (Å²) in [5, 5.41) is 28.6. The van der Waals surface area contributed by atoms with Crippen molar-refractivity contribution in [3.05, 3.63) is 223 Å². The minimum atomic E-state index is -1.01. The molecule has 0 unspecified atom stereocenters. The number of thiophene rings is 2. The van der Waals surface area contributed by atoms with Crippen LogP contribution in [0.5, 0.6) is 0 Å². The van der Waals surface area contributed by atoms with Gasteiger partial charge in [0.05, 0.1) is 55.7 Å². The van der Waals surface area contributed by atoms with Crippen LogP contribution in [0, 0.1) is 0 Å². The summed E-state index contributed by atoms with van der Waals surface area (Å²) >= 11 is 11.6. The minimum Gasteiger partial charge on any atom is -0.411 e. The van der Waals surface area contributed by atoms with Crippen LogP contribution in [0.25, 0.3) is 118 Å². The quantitative estimate of drug-likeness (QED) is 0.0980. The molecule has 2 N–H and O–H groups in total. The molecule has 0 atom stereocenters. The third-order valence-corrected chi connectivity index (χ3v) is 22.3. The highest BCUT2D eigenvalue weighted by Gasteiger charge is 2.52. The Morgan fingerprint density at radius 1 is 0.396 bits per heavy atom. The summed E-state index contributed by atoms with van der Waals surface area (Å²) in [4.78, 5) is 3.94. The van der Waals surface area contributed by atoms with Crippen LogP contribution in [0.15, 0.2) is 223 Å². The molecule has 6 heterocycles. The maximum Gasteiger partial charge on any atom is 0.494 e. The van der Waals surface area contributed by atoms with Gasteiger partial charge in [-0.25, -0.2) is 0 Å². The first kappa shape index (κ1) is 71.4. The van der Waals surface area contributed by atoms with Crippen molar-refractivity contribution in [2.45, 2.75) is 117 Å². The van der Waals surface area contributed by atoms with Crippen molar-refractivity contribution in [2.24, 2.45) is 0 Å². The lowest BCUT2D eigenvalue weighted by molar-refractivity contribution is -0.107. The number of aliphatic hydroxyl groups is 2. The molecule has 0 aliphatic carbocycles. The standard InChI is InChI=1S/C36H30BNO2S.C30H18BrNS.C6H12B2O2.C6H14O2.2CH3I/c1-35(2)36(3,4)40-37(39-35)24-17-19-25(20-18-24)38-31-14-7-5-10-27(31)30-22-23(16-21-32(30)38)26-12-9-13-29-28-11-6-8-15-33(28)41-34(26)29;31-20-13-15-21(16-14-20)32-27-10-3-1-6-23(27)26-18-19(12-17-28(26)32)22-8-5-9-25-24-7-2-4-11-29(24)33-30(22)25;1-5(2)6(3,4)10-8(7)9-5;1-5(2,7)6(3,4)8;2*1-2/h5-22H,1-4H3;1-18H;1-4H3;7-8H,1-4H3;2*1H3. The van der Waals surface area contributed by atoms with Crippen molar-refractivity contribution in [3.8, 4) is 33.6 Å². The largest absolute Gasteiger partial charge is 0.494 e. The molecule has 0 spiro atoms. The van der Waals surface area contributed by atoms with Crippen LogP contribution in [0.1, 0.15) is 83.1 Å². The van der Waals surface area contributed by atoms with Gasteiger partial charge in [-0.2, -0.15) is 0 Å². The molecule has 2 saturated heterocycles. The van der Waals surface area contributed by atoms with E-state index in [0.29, 0.717) is 0 Å². The Bertz CT molecular complexity index is 5060. The maximum atomic E-state index is 9.10. The Kier molecular flexibility index (Phi) is 21.1. The number of aromatic nitrogens is 2. The van der Waals surface area contributed by atoms with Crippen LogP contribution in [-0.4, -0.2) is 84.7 Å². The van der Waals surface area contributed by atoms with Crippen molar-refractivity contribution in [3.63, 3.8) is 0 Å². The molecule has 488 valence electrons. The van der Waals surface area contributed by atoms with E-state index >= 15 is 0 Å². The summed E-state index contributed by atoms with van der Waals surface area (Å²) in [5.74, 6) is 0. The fraction of sp³-hybridized carbons (Fsp3) is 0.250. The van der Waals surface area contributed by atoms with Gasteiger partial charge in [-0.05, 0) is 206 Å². The van der Waals surface area contributed by atoms with Gasteiger partial charge in [0.2, 0.25) is 0 Å². The van der Waals surface area contributed by atoms with E-state index in [2.05, 4.69) is 316 Å². The Morgan fingerprint density at radius 2 is 0.729 bits per heavy atom. The summed E-state index contributed by atoms with van der Waals surface area (Å²) < 4.78 is 34.4. The van der Waals surface area contributed by atoms with E-state index in [1.807, 2.05) is 60.2 Å². The molecule has 2 radical (unpaired) electrons. The molecule has 14 aromatic rings. The van der Waals surface area contributed by atoms with Crippen LogP contribution in [0.4, 0.5) is 0 Å². The Morgan fingerprint density at radius 3 is 1.10 bits per heavy atom. The van der Waals surface area contributed by atoms with Crippen LogP contribution < -0.4 is 5.46 Å². The second-order valence-electron chi connectivity index (χ2n) is 27.1. The van der Waals surface area contributed by atoms with Gasteiger partial charge >= 0.3 is 14.1 Å². The number of halogens is 3. The van der Waals surface area contributed by atoms with Gasteiger partial charge in [0.25, 0.3) is 0 Å². The molecule has 0 amide bonds. The van der Waals surface area contributed by atoms with E-state index in [1.54, 1.807) is 27.7 Å². The summed E-state index contributed by atoms with van der Waals surface area (Å²) in [7, 11) is 4.51. The molecule has 2 aliphatic rings. The predicted octanol–water partition coefficient (Wildman–Crippen LogP) is 22.1. The van der Waals surface area contributed by atoms with E-state index in [-0.39, 0.29) is 29.5 Å². The van der Waals surface area contributed by atoms with E-state index < -0.39 is 18.2 Å². The number of benzene rings is 10. The summed E-state index contributed by atoms with van der Waals surface area (Å²) in [6.07, 6.45) is 0. The maximum absolute atomic E-state index is 9.10. The Labute approximate surface area is 610 Å². The van der Waals surface area contributed by atoms with E-state index in [0.717, 1.165) is 15.6 Å². The SMILES string of the molecule is Brc1ccc(-n2c3ccccc3c3cc(-c4cccc5c4sc4ccccc45)ccc32)cc1.CC(C)(O)C(C)(C)O.CC1(C)OB(c2ccc(-n3c4ccccc4c4cc(-c5cccc6c5sc5ccccc56)ccc43)cc2)OC1(C)C.CI.CI.[B]B1OC(C)(C)C(C)(C)O1. The number of rotatable bonds is 6. The lowest BCUT2D eigenvalue weighted by atomic mass is 9.63. The first-order chi connectivity index (χ1) is 45.7. The van der Waals surface area contributed by atoms with E-state index in [9.17, 15) is 0 Å².